The van der Waals surface area contributed by atoms with Gasteiger partial charge in [0.05, 0.1) is 10.9 Å². The van der Waals surface area contributed by atoms with Crippen LogP contribution in [0.2, 0.25) is 4.34 Å². The largest absolute Gasteiger partial charge is 0.369 e. The van der Waals surface area contributed by atoms with Crippen molar-refractivity contribution in [1.29, 1.82) is 0 Å². The lowest BCUT2D eigenvalue weighted by molar-refractivity contribution is 0.625. The van der Waals surface area contributed by atoms with Gasteiger partial charge >= 0.3 is 0 Å². The monoisotopic (exact) mass is 284 g/mol. The standard InChI is InChI=1S/C13H14ClFN2S/c1-17(8-11-3-5-13(14)18-11)12-4-2-10(15)6-9(12)7-16/h2-6H,7-8,16H2,1H3. The van der Waals surface area contributed by atoms with E-state index in [1.807, 2.05) is 24.1 Å². The van der Waals surface area contributed by atoms with Gasteiger partial charge in [-0.3, -0.25) is 0 Å². The maximum atomic E-state index is 13.1. The number of hydrogen-bond donors (Lipinski definition) is 1. The summed E-state index contributed by atoms with van der Waals surface area (Å²) < 4.78 is 13.9. The molecule has 2 nitrogen and oxygen atoms in total. The molecule has 2 aromatic rings. The van der Waals surface area contributed by atoms with Crippen LogP contribution in [0.5, 0.6) is 0 Å². The summed E-state index contributed by atoms with van der Waals surface area (Å²) in [6.45, 7) is 1.05. The number of hydrogen-bond acceptors (Lipinski definition) is 3. The Bertz CT molecular complexity index is 542. The van der Waals surface area contributed by atoms with E-state index in [9.17, 15) is 4.39 Å². The molecule has 0 saturated heterocycles. The zero-order valence-electron chi connectivity index (χ0n) is 9.99. The molecule has 0 unspecified atom stereocenters. The predicted octanol–water partition coefficient (Wildman–Crippen LogP) is 3.64. The van der Waals surface area contributed by atoms with Crippen LogP contribution in [-0.4, -0.2) is 7.05 Å². The van der Waals surface area contributed by atoms with Crippen LogP contribution in [0.15, 0.2) is 30.3 Å². The van der Waals surface area contributed by atoms with E-state index in [2.05, 4.69) is 0 Å². The number of halogens is 2. The molecule has 0 aliphatic rings. The average molecular weight is 285 g/mol. The molecular weight excluding hydrogens is 271 g/mol. The predicted molar refractivity (Wildman–Crippen MR) is 75.7 cm³/mol. The molecule has 0 fully saturated rings. The summed E-state index contributed by atoms with van der Waals surface area (Å²) in [5.74, 6) is -0.258. The number of nitrogens with zero attached hydrogens (tertiary/aromatic N) is 1. The van der Waals surface area contributed by atoms with E-state index in [4.69, 9.17) is 17.3 Å². The Hall–Kier alpha value is -1.10. The molecule has 18 heavy (non-hydrogen) atoms. The third-order valence-electron chi connectivity index (χ3n) is 2.69. The van der Waals surface area contributed by atoms with Gasteiger partial charge in [-0.05, 0) is 35.9 Å². The highest BCUT2D eigenvalue weighted by atomic mass is 35.5. The van der Waals surface area contributed by atoms with Crippen molar-refractivity contribution < 1.29 is 4.39 Å². The molecule has 96 valence electrons. The Morgan fingerprint density at radius 1 is 1.33 bits per heavy atom. The molecule has 2 N–H and O–H groups in total. The first-order valence-corrected chi connectivity index (χ1v) is 6.73. The number of anilines is 1. The molecule has 0 radical (unpaired) electrons. The molecule has 0 atom stereocenters. The highest BCUT2D eigenvalue weighted by molar-refractivity contribution is 7.16. The molecule has 1 aromatic carbocycles. The van der Waals surface area contributed by atoms with E-state index in [0.29, 0.717) is 6.54 Å². The maximum absolute atomic E-state index is 13.1. The van der Waals surface area contributed by atoms with E-state index in [1.54, 1.807) is 17.4 Å². The van der Waals surface area contributed by atoms with Gasteiger partial charge in [-0.15, -0.1) is 11.3 Å². The lowest BCUT2D eigenvalue weighted by atomic mass is 10.1. The van der Waals surface area contributed by atoms with Crippen molar-refractivity contribution in [2.24, 2.45) is 5.73 Å². The molecule has 0 amide bonds. The zero-order chi connectivity index (χ0) is 13.1. The number of thiophene rings is 1. The number of benzene rings is 1. The van der Waals surface area contributed by atoms with Gasteiger partial charge in [-0.1, -0.05) is 11.6 Å². The molecule has 0 aliphatic heterocycles. The minimum absolute atomic E-state index is 0.258. The molecule has 5 heteroatoms. The summed E-state index contributed by atoms with van der Waals surface area (Å²) in [5, 5.41) is 0. The SMILES string of the molecule is CN(Cc1ccc(Cl)s1)c1ccc(F)cc1CN. The Morgan fingerprint density at radius 2 is 2.11 bits per heavy atom. The Labute approximate surface area is 115 Å². The molecular formula is C13H14ClFN2S. The van der Waals surface area contributed by atoms with Crippen molar-refractivity contribution in [3.8, 4) is 0 Å². The molecule has 1 heterocycles. The van der Waals surface area contributed by atoms with Crippen LogP contribution in [-0.2, 0) is 13.1 Å². The maximum Gasteiger partial charge on any atom is 0.123 e. The Morgan fingerprint density at radius 3 is 2.72 bits per heavy atom. The second-order valence-corrected chi connectivity index (χ2v) is 5.84. The summed E-state index contributed by atoms with van der Waals surface area (Å²) >= 11 is 7.45. The van der Waals surface area contributed by atoms with Crippen LogP contribution in [0, 0.1) is 5.82 Å². The van der Waals surface area contributed by atoms with Crippen LogP contribution in [0.4, 0.5) is 10.1 Å². The lowest BCUT2D eigenvalue weighted by Gasteiger charge is -2.21. The first-order chi connectivity index (χ1) is 8.60. The minimum atomic E-state index is -0.258. The number of rotatable bonds is 4. The van der Waals surface area contributed by atoms with Gasteiger partial charge in [0.15, 0.2) is 0 Å². The van der Waals surface area contributed by atoms with Crippen molar-refractivity contribution in [3.05, 3.63) is 50.9 Å². The second kappa shape index (κ2) is 5.69. The summed E-state index contributed by atoms with van der Waals surface area (Å²) in [4.78, 5) is 3.21. The van der Waals surface area contributed by atoms with Crippen LogP contribution in [0.25, 0.3) is 0 Å². The van der Waals surface area contributed by atoms with Gasteiger partial charge < -0.3 is 10.6 Å². The molecule has 0 spiro atoms. The summed E-state index contributed by atoms with van der Waals surface area (Å²) in [6.07, 6.45) is 0. The van der Waals surface area contributed by atoms with Gasteiger partial charge in [-0.25, -0.2) is 4.39 Å². The summed E-state index contributed by atoms with van der Waals surface area (Å²) in [6, 6.07) is 8.56. The van der Waals surface area contributed by atoms with Crippen LogP contribution >= 0.6 is 22.9 Å². The third-order valence-corrected chi connectivity index (χ3v) is 3.91. The molecule has 0 bridgehead atoms. The zero-order valence-corrected chi connectivity index (χ0v) is 11.6. The molecule has 0 aliphatic carbocycles. The number of nitrogens with two attached hydrogens (primary N) is 1. The molecule has 2 rings (SSSR count). The smallest absolute Gasteiger partial charge is 0.123 e. The second-order valence-electron chi connectivity index (χ2n) is 4.04. The van der Waals surface area contributed by atoms with Crippen molar-refractivity contribution in [3.63, 3.8) is 0 Å². The Balaban J connectivity index is 2.20. The minimum Gasteiger partial charge on any atom is -0.369 e. The third kappa shape index (κ3) is 3.02. The quantitative estimate of drug-likeness (QED) is 0.929. The highest BCUT2D eigenvalue weighted by Crippen LogP contribution is 2.26. The first kappa shape index (κ1) is 13.3. The highest BCUT2D eigenvalue weighted by Gasteiger charge is 2.09. The van der Waals surface area contributed by atoms with Crippen molar-refractivity contribution in [2.75, 3.05) is 11.9 Å². The normalized spacial score (nSPS) is 10.7. The van der Waals surface area contributed by atoms with Gasteiger partial charge in [-0.2, -0.15) is 0 Å². The van der Waals surface area contributed by atoms with Crippen molar-refractivity contribution in [1.82, 2.24) is 0 Å². The molecule has 1 aromatic heterocycles. The van der Waals surface area contributed by atoms with Gasteiger partial charge in [0.25, 0.3) is 0 Å². The van der Waals surface area contributed by atoms with E-state index >= 15 is 0 Å². The fraction of sp³-hybridized carbons (Fsp3) is 0.231. The van der Waals surface area contributed by atoms with Gasteiger partial charge in [0, 0.05) is 24.2 Å². The van der Waals surface area contributed by atoms with Crippen molar-refractivity contribution in [2.45, 2.75) is 13.1 Å². The van der Waals surface area contributed by atoms with Gasteiger partial charge in [0.1, 0.15) is 5.82 Å². The van der Waals surface area contributed by atoms with Crippen LogP contribution in [0.3, 0.4) is 0 Å². The fourth-order valence-electron chi connectivity index (χ4n) is 1.85. The first-order valence-electron chi connectivity index (χ1n) is 5.54. The topological polar surface area (TPSA) is 29.3 Å². The van der Waals surface area contributed by atoms with Gasteiger partial charge in [0.2, 0.25) is 0 Å². The Kier molecular flexibility index (Phi) is 4.22. The molecule has 0 saturated carbocycles. The van der Waals surface area contributed by atoms with E-state index in [0.717, 1.165) is 27.0 Å². The van der Waals surface area contributed by atoms with E-state index < -0.39 is 0 Å². The fourth-order valence-corrected chi connectivity index (χ4v) is 2.99. The summed E-state index contributed by atoms with van der Waals surface area (Å²) in [5.41, 5.74) is 7.40. The lowest BCUT2D eigenvalue weighted by Crippen LogP contribution is -2.18. The van der Waals surface area contributed by atoms with E-state index in [1.165, 1.54) is 12.1 Å². The van der Waals surface area contributed by atoms with Crippen LogP contribution < -0.4 is 10.6 Å². The van der Waals surface area contributed by atoms with E-state index in [-0.39, 0.29) is 5.82 Å². The summed E-state index contributed by atoms with van der Waals surface area (Å²) in [7, 11) is 1.96. The average Bonchev–Trinajstić information content (AvgIpc) is 2.74. The van der Waals surface area contributed by atoms with Crippen LogP contribution in [0.1, 0.15) is 10.4 Å². The van der Waals surface area contributed by atoms with Crippen molar-refractivity contribution >= 4 is 28.6 Å².